The molecule has 27 heavy (non-hydrogen) atoms. The Bertz CT molecular complexity index is 1010. The predicted molar refractivity (Wildman–Crippen MR) is 98.7 cm³/mol. The van der Waals surface area contributed by atoms with Crippen molar-refractivity contribution < 1.29 is 22.7 Å². The molecule has 9 heteroatoms. The average molecular weight is 409 g/mol. The molecule has 0 spiro atoms. The highest BCUT2D eigenvalue weighted by atomic mass is 35.5. The van der Waals surface area contributed by atoms with Crippen LogP contribution >= 0.6 is 11.6 Å². The van der Waals surface area contributed by atoms with Gasteiger partial charge in [-0.3, -0.25) is 4.79 Å². The van der Waals surface area contributed by atoms with Crippen molar-refractivity contribution in [2.45, 2.75) is 17.9 Å². The fourth-order valence-electron chi connectivity index (χ4n) is 2.86. The van der Waals surface area contributed by atoms with E-state index in [2.05, 4.69) is 0 Å². The number of sulfonamides is 1. The Kier molecular flexibility index (Phi) is 5.50. The molecule has 3 rings (SSSR count). The van der Waals surface area contributed by atoms with Gasteiger partial charge in [-0.05, 0) is 35.7 Å². The van der Waals surface area contributed by atoms with Crippen LogP contribution in [0.3, 0.4) is 0 Å². The number of rotatable bonds is 4. The van der Waals surface area contributed by atoms with Crippen molar-refractivity contribution in [3.8, 4) is 0 Å². The van der Waals surface area contributed by atoms with E-state index in [1.807, 2.05) is 24.3 Å². The van der Waals surface area contributed by atoms with Crippen LogP contribution in [0.25, 0.3) is 0 Å². The number of carbonyl (C=O) groups is 2. The van der Waals surface area contributed by atoms with E-state index in [1.54, 1.807) is 4.90 Å². The SMILES string of the molecule is NS(=O)(=O)c1cc(C(=O)OCC(=O)N2CCc3ccccc3C2)ccc1Cl. The van der Waals surface area contributed by atoms with Crippen molar-refractivity contribution in [2.75, 3.05) is 13.2 Å². The lowest BCUT2D eigenvalue weighted by molar-refractivity contribution is -0.135. The summed E-state index contributed by atoms with van der Waals surface area (Å²) in [4.78, 5) is 25.7. The summed E-state index contributed by atoms with van der Waals surface area (Å²) in [6, 6.07) is 11.4. The zero-order valence-corrected chi connectivity index (χ0v) is 15.8. The molecular formula is C18H17ClN2O5S. The molecule has 0 aliphatic carbocycles. The third-order valence-electron chi connectivity index (χ3n) is 4.28. The van der Waals surface area contributed by atoms with Crippen LogP contribution in [-0.4, -0.2) is 38.3 Å². The number of halogens is 1. The Morgan fingerprint density at radius 2 is 1.85 bits per heavy atom. The van der Waals surface area contributed by atoms with Gasteiger partial charge in [-0.1, -0.05) is 35.9 Å². The Labute approximate surface area is 161 Å². The molecule has 0 bridgehead atoms. The van der Waals surface area contributed by atoms with Gasteiger partial charge in [0.15, 0.2) is 6.61 Å². The molecule has 2 aromatic carbocycles. The number of esters is 1. The van der Waals surface area contributed by atoms with Gasteiger partial charge in [0.25, 0.3) is 5.91 Å². The van der Waals surface area contributed by atoms with Crippen LogP contribution in [0.4, 0.5) is 0 Å². The summed E-state index contributed by atoms with van der Waals surface area (Å²) < 4.78 is 28.0. The van der Waals surface area contributed by atoms with Crippen LogP contribution in [-0.2, 0) is 32.5 Å². The highest BCUT2D eigenvalue weighted by Crippen LogP contribution is 2.22. The maximum Gasteiger partial charge on any atom is 0.338 e. The summed E-state index contributed by atoms with van der Waals surface area (Å²) in [5.74, 6) is -1.15. The summed E-state index contributed by atoms with van der Waals surface area (Å²) in [7, 11) is -4.08. The molecule has 1 aliphatic heterocycles. The smallest absolute Gasteiger partial charge is 0.338 e. The standard InChI is InChI=1S/C18H17ClN2O5S/c19-15-6-5-13(9-16(15)27(20,24)25)18(23)26-11-17(22)21-8-7-12-3-1-2-4-14(12)10-21/h1-6,9H,7-8,10-11H2,(H2,20,24,25). The largest absolute Gasteiger partial charge is 0.452 e. The van der Waals surface area contributed by atoms with Crippen molar-refractivity contribution in [3.05, 3.63) is 64.2 Å². The van der Waals surface area contributed by atoms with Gasteiger partial charge < -0.3 is 9.64 Å². The highest BCUT2D eigenvalue weighted by Gasteiger charge is 2.22. The van der Waals surface area contributed by atoms with Gasteiger partial charge in [-0.15, -0.1) is 0 Å². The first-order chi connectivity index (χ1) is 12.8. The minimum atomic E-state index is -4.08. The number of nitrogens with zero attached hydrogens (tertiary/aromatic N) is 1. The molecule has 0 unspecified atom stereocenters. The van der Waals surface area contributed by atoms with Crippen molar-refractivity contribution >= 4 is 33.5 Å². The summed E-state index contributed by atoms with van der Waals surface area (Å²) in [6.45, 7) is 0.571. The normalized spacial score (nSPS) is 13.8. The van der Waals surface area contributed by atoms with Crippen LogP contribution < -0.4 is 5.14 Å². The lowest BCUT2D eigenvalue weighted by Gasteiger charge is -2.28. The topological polar surface area (TPSA) is 107 Å². The second-order valence-electron chi connectivity index (χ2n) is 6.10. The summed E-state index contributed by atoms with van der Waals surface area (Å²) in [5.41, 5.74) is 2.22. The maximum absolute atomic E-state index is 12.3. The first-order valence-corrected chi connectivity index (χ1v) is 10.0. The zero-order chi connectivity index (χ0) is 19.6. The molecule has 2 N–H and O–H groups in total. The van der Waals surface area contributed by atoms with Gasteiger partial charge in [0.2, 0.25) is 10.0 Å². The molecule has 1 heterocycles. The summed E-state index contributed by atoms with van der Waals surface area (Å²) in [6.07, 6.45) is 0.741. The first-order valence-electron chi connectivity index (χ1n) is 8.10. The van der Waals surface area contributed by atoms with Crippen LogP contribution in [0.15, 0.2) is 47.4 Å². The number of carbonyl (C=O) groups excluding carboxylic acids is 2. The van der Waals surface area contributed by atoms with Gasteiger partial charge in [0.1, 0.15) is 4.90 Å². The number of fused-ring (bicyclic) bond motifs is 1. The molecule has 0 fully saturated rings. The van der Waals surface area contributed by atoms with Gasteiger partial charge in [-0.25, -0.2) is 18.4 Å². The highest BCUT2D eigenvalue weighted by molar-refractivity contribution is 7.89. The molecule has 7 nitrogen and oxygen atoms in total. The molecule has 1 amide bonds. The second-order valence-corrected chi connectivity index (χ2v) is 8.04. The number of benzene rings is 2. The third-order valence-corrected chi connectivity index (χ3v) is 5.68. The van der Waals surface area contributed by atoms with Gasteiger partial charge in [-0.2, -0.15) is 0 Å². The Morgan fingerprint density at radius 3 is 2.56 bits per heavy atom. The second kappa shape index (κ2) is 7.67. The monoisotopic (exact) mass is 408 g/mol. The van der Waals surface area contributed by atoms with Crippen LogP contribution in [0.1, 0.15) is 21.5 Å². The van der Waals surface area contributed by atoms with Crippen molar-refractivity contribution in [1.29, 1.82) is 0 Å². The van der Waals surface area contributed by atoms with E-state index in [0.717, 1.165) is 18.1 Å². The van der Waals surface area contributed by atoms with Crippen molar-refractivity contribution in [2.24, 2.45) is 5.14 Å². The van der Waals surface area contributed by atoms with E-state index in [9.17, 15) is 18.0 Å². The molecule has 2 aromatic rings. The fourth-order valence-corrected chi connectivity index (χ4v) is 3.93. The van der Waals surface area contributed by atoms with Gasteiger partial charge in [0, 0.05) is 13.1 Å². The number of hydrogen-bond donors (Lipinski definition) is 1. The quantitative estimate of drug-likeness (QED) is 0.775. The lowest BCUT2D eigenvalue weighted by Crippen LogP contribution is -2.38. The van der Waals surface area contributed by atoms with Gasteiger partial charge in [0.05, 0.1) is 10.6 Å². The predicted octanol–water partition coefficient (Wildman–Crippen LogP) is 1.73. The minimum Gasteiger partial charge on any atom is -0.452 e. The van der Waals surface area contributed by atoms with Crippen molar-refractivity contribution in [1.82, 2.24) is 4.90 Å². The average Bonchev–Trinajstić information content (AvgIpc) is 2.64. The molecule has 1 aliphatic rings. The maximum atomic E-state index is 12.3. The molecule has 142 valence electrons. The first kappa shape index (κ1) is 19.3. The Morgan fingerprint density at radius 1 is 1.15 bits per heavy atom. The van der Waals surface area contributed by atoms with Crippen LogP contribution in [0, 0.1) is 0 Å². The van der Waals surface area contributed by atoms with E-state index < -0.39 is 22.6 Å². The number of nitrogens with two attached hydrogens (primary N) is 1. The van der Waals surface area contributed by atoms with Gasteiger partial charge >= 0.3 is 5.97 Å². The molecule has 0 atom stereocenters. The van der Waals surface area contributed by atoms with Crippen LogP contribution in [0.5, 0.6) is 0 Å². The van der Waals surface area contributed by atoms with E-state index in [4.69, 9.17) is 21.5 Å². The molecular weight excluding hydrogens is 392 g/mol. The van der Waals surface area contributed by atoms with E-state index in [1.165, 1.54) is 17.7 Å². The fraction of sp³-hybridized carbons (Fsp3) is 0.222. The number of amides is 1. The lowest BCUT2D eigenvalue weighted by atomic mass is 10.00. The molecule has 0 saturated heterocycles. The van der Waals surface area contributed by atoms with E-state index >= 15 is 0 Å². The third kappa shape index (κ3) is 4.47. The summed E-state index contributed by atoms with van der Waals surface area (Å²) >= 11 is 5.78. The summed E-state index contributed by atoms with van der Waals surface area (Å²) in [5, 5.41) is 4.96. The van der Waals surface area contributed by atoms with Crippen molar-refractivity contribution in [3.63, 3.8) is 0 Å². The Hall–Kier alpha value is -2.42. The zero-order valence-electron chi connectivity index (χ0n) is 14.2. The molecule has 0 radical (unpaired) electrons. The number of hydrogen-bond acceptors (Lipinski definition) is 5. The minimum absolute atomic E-state index is 0.0554. The van der Waals surface area contributed by atoms with E-state index in [-0.39, 0.29) is 21.4 Å². The van der Waals surface area contributed by atoms with E-state index in [0.29, 0.717) is 13.1 Å². The number of primary sulfonamides is 1. The van der Waals surface area contributed by atoms with Crippen LogP contribution in [0.2, 0.25) is 5.02 Å². The molecule has 0 saturated carbocycles. The molecule has 0 aromatic heterocycles. The number of ether oxygens (including phenoxy) is 1. The Balaban J connectivity index is 1.64.